The summed E-state index contributed by atoms with van der Waals surface area (Å²) in [6, 6.07) is 4.04. The second-order valence-electron chi connectivity index (χ2n) is 3.18. The number of nitrogens with zero attached hydrogens (tertiary/aromatic N) is 2. The smallest absolute Gasteiger partial charge is 0.168 e. The average molecular weight is 208 g/mol. The fourth-order valence-electron chi connectivity index (χ4n) is 1.34. The molecule has 4 nitrogen and oxygen atoms in total. The normalized spacial score (nSPS) is 17.3. The van der Waals surface area contributed by atoms with E-state index in [9.17, 15) is 0 Å². The van der Waals surface area contributed by atoms with Crippen molar-refractivity contribution in [3.63, 3.8) is 0 Å². The summed E-state index contributed by atoms with van der Waals surface area (Å²) in [5.74, 6) is 0. The maximum atomic E-state index is 4.96. The molecule has 0 saturated carbocycles. The molecule has 0 radical (unpaired) electrons. The van der Waals surface area contributed by atoms with Crippen molar-refractivity contribution in [1.82, 2.24) is 20.5 Å². The predicted molar refractivity (Wildman–Crippen MR) is 58.4 cm³/mol. The van der Waals surface area contributed by atoms with E-state index in [1.807, 2.05) is 24.5 Å². The van der Waals surface area contributed by atoms with E-state index in [2.05, 4.69) is 20.5 Å². The number of nitrogens with one attached hydrogen (secondary N) is 2. The molecule has 14 heavy (non-hydrogen) atoms. The van der Waals surface area contributed by atoms with Gasteiger partial charge in [0, 0.05) is 18.9 Å². The number of rotatable bonds is 2. The van der Waals surface area contributed by atoms with E-state index < -0.39 is 0 Å². The molecule has 74 valence electrons. The molecule has 1 fully saturated rings. The van der Waals surface area contributed by atoms with Crippen molar-refractivity contribution < 1.29 is 0 Å². The van der Waals surface area contributed by atoms with Crippen LogP contribution in [0.15, 0.2) is 24.5 Å². The van der Waals surface area contributed by atoms with Crippen molar-refractivity contribution in [1.29, 1.82) is 0 Å². The van der Waals surface area contributed by atoms with E-state index in [-0.39, 0.29) is 0 Å². The number of pyridine rings is 1. The van der Waals surface area contributed by atoms with Crippen LogP contribution in [0, 0.1) is 0 Å². The lowest BCUT2D eigenvalue weighted by Gasteiger charge is -2.29. The topological polar surface area (TPSA) is 40.2 Å². The number of thiocarbonyl (C=S) groups is 1. The summed E-state index contributed by atoms with van der Waals surface area (Å²) in [6.45, 7) is 2.51. The van der Waals surface area contributed by atoms with Gasteiger partial charge in [-0.3, -0.25) is 9.88 Å². The monoisotopic (exact) mass is 208 g/mol. The first-order chi connectivity index (χ1) is 6.84. The quantitative estimate of drug-likeness (QED) is 0.683. The van der Waals surface area contributed by atoms with Gasteiger partial charge >= 0.3 is 0 Å². The Hall–Kier alpha value is -1.20. The van der Waals surface area contributed by atoms with Crippen LogP contribution in [0.2, 0.25) is 0 Å². The molecule has 0 bridgehead atoms. The highest BCUT2D eigenvalue weighted by atomic mass is 32.1. The van der Waals surface area contributed by atoms with Crippen LogP contribution < -0.4 is 10.6 Å². The summed E-state index contributed by atoms with van der Waals surface area (Å²) >= 11 is 4.96. The highest BCUT2D eigenvalue weighted by molar-refractivity contribution is 7.80. The first-order valence-corrected chi connectivity index (χ1v) is 4.88. The molecule has 2 N–H and O–H groups in total. The summed E-state index contributed by atoms with van der Waals surface area (Å²) in [4.78, 5) is 6.21. The Kier molecular flexibility index (Phi) is 2.90. The maximum absolute atomic E-state index is 4.96. The van der Waals surface area contributed by atoms with Crippen molar-refractivity contribution >= 4 is 17.3 Å². The van der Waals surface area contributed by atoms with Crippen LogP contribution in [0.5, 0.6) is 0 Å². The van der Waals surface area contributed by atoms with Gasteiger partial charge in [-0.05, 0) is 29.9 Å². The summed E-state index contributed by atoms with van der Waals surface area (Å²) in [7, 11) is 0. The van der Waals surface area contributed by atoms with Crippen LogP contribution >= 0.6 is 12.2 Å². The summed E-state index contributed by atoms with van der Waals surface area (Å²) in [6.07, 6.45) is 3.62. The Bertz CT molecular complexity index is 304. The largest absolute Gasteiger partial charge is 0.350 e. The number of aromatic nitrogens is 1. The third kappa shape index (κ3) is 2.40. The lowest BCUT2D eigenvalue weighted by Crippen LogP contribution is -2.53. The van der Waals surface area contributed by atoms with Gasteiger partial charge in [-0.1, -0.05) is 0 Å². The van der Waals surface area contributed by atoms with E-state index in [1.165, 1.54) is 5.56 Å². The third-order valence-corrected chi connectivity index (χ3v) is 2.37. The van der Waals surface area contributed by atoms with E-state index in [1.54, 1.807) is 0 Å². The van der Waals surface area contributed by atoms with Gasteiger partial charge in [-0.25, -0.2) is 0 Å². The highest BCUT2D eigenvalue weighted by Crippen LogP contribution is 2.02. The predicted octanol–water partition coefficient (Wildman–Crippen LogP) is 0.276. The van der Waals surface area contributed by atoms with Crippen LogP contribution in [-0.2, 0) is 6.54 Å². The van der Waals surface area contributed by atoms with Crippen LogP contribution in [0.4, 0.5) is 0 Å². The maximum Gasteiger partial charge on any atom is 0.168 e. The van der Waals surface area contributed by atoms with Crippen molar-refractivity contribution in [2.24, 2.45) is 0 Å². The van der Waals surface area contributed by atoms with Crippen molar-refractivity contribution in [2.75, 3.05) is 13.3 Å². The molecule has 0 aliphatic carbocycles. The second kappa shape index (κ2) is 4.34. The number of hydrogen-bond acceptors (Lipinski definition) is 3. The zero-order chi connectivity index (χ0) is 9.80. The van der Waals surface area contributed by atoms with E-state index >= 15 is 0 Å². The van der Waals surface area contributed by atoms with Crippen LogP contribution in [-0.4, -0.2) is 28.3 Å². The Morgan fingerprint density at radius 3 is 2.57 bits per heavy atom. The minimum atomic E-state index is 0.732. The van der Waals surface area contributed by atoms with E-state index in [0.717, 1.165) is 25.0 Å². The van der Waals surface area contributed by atoms with Crippen molar-refractivity contribution in [3.05, 3.63) is 30.1 Å². The Labute approximate surface area is 88.3 Å². The van der Waals surface area contributed by atoms with Crippen LogP contribution in [0.25, 0.3) is 0 Å². The second-order valence-corrected chi connectivity index (χ2v) is 3.59. The summed E-state index contributed by atoms with van der Waals surface area (Å²) < 4.78 is 0. The molecule has 1 saturated heterocycles. The Morgan fingerprint density at radius 1 is 1.29 bits per heavy atom. The van der Waals surface area contributed by atoms with Gasteiger partial charge in [0.25, 0.3) is 0 Å². The fourth-order valence-corrected chi connectivity index (χ4v) is 1.47. The van der Waals surface area contributed by atoms with Gasteiger partial charge < -0.3 is 10.6 Å². The first kappa shape index (κ1) is 9.36. The van der Waals surface area contributed by atoms with Crippen LogP contribution in [0.3, 0.4) is 0 Å². The van der Waals surface area contributed by atoms with Gasteiger partial charge in [-0.2, -0.15) is 0 Å². The molecule has 1 aromatic rings. The molecule has 1 aliphatic heterocycles. The fraction of sp³-hybridized carbons (Fsp3) is 0.333. The van der Waals surface area contributed by atoms with Gasteiger partial charge in [0.15, 0.2) is 5.11 Å². The van der Waals surface area contributed by atoms with Crippen molar-refractivity contribution in [2.45, 2.75) is 6.54 Å². The van der Waals surface area contributed by atoms with Crippen molar-refractivity contribution in [3.8, 4) is 0 Å². The Morgan fingerprint density at radius 2 is 1.93 bits per heavy atom. The van der Waals surface area contributed by atoms with Crippen LogP contribution in [0.1, 0.15) is 5.56 Å². The Balaban J connectivity index is 1.89. The lowest BCUT2D eigenvalue weighted by atomic mass is 10.2. The minimum Gasteiger partial charge on any atom is -0.350 e. The molecular formula is C9H12N4S. The van der Waals surface area contributed by atoms with E-state index in [0.29, 0.717) is 0 Å². The highest BCUT2D eigenvalue weighted by Gasteiger charge is 2.11. The molecule has 0 unspecified atom stereocenters. The average Bonchev–Trinajstić information content (AvgIpc) is 2.23. The minimum absolute atomic E-state index is 0.732. The summed E-state index contributed by atoms with van der Waals surface area (Å²) in [5.41, 5.74) is 1.26. The molecule has 1 aliphatic rings. The molecule has 0 aromatic carbocycles. The molecule has 2 rings (SSSR count). The van der Waals surface area contributed by atoms with Gasteiger partial charge in [0.2, 0.25) is 0 Å². The third-order valence-electron chi connectivity index (χ3n) is 2.08. The number of hydrogen-bond donors (Lipinski definition) is 2. The molecule has 1 aromatic heterocycles. The molecule has 2 heterocycles. The van der Waals surface area contributed by atoms with Gasteiger partial charge in [0.1, 0.15) is 0 Å². The van der Waals surface area contributed by atoms with E-state index in [4.69, 9.17) is 12.2 Å². The SMILES string of the molecule is S=C1NCN(Cc2ccncc2)CN1. The van der Waals surface area contributed by atoms with Gasteiger partial charge in [0.05, 0.1) is 13.3 Å². The zero-order valence-electron chi connectivity index (χ0n) is 7.73. The molecular weight excluding hydrogens is 196 g/mol. The molecule has 0 amide bonds. The lowest BCUT2D eigenvalue weighted by molar-refractivity contribution is 0.236. The molecule has 0 atom stereocenters. The molecule has 0 spiro atoms. The zero-order valence-corrected chi connectivity index (χ0v) is 8.55. The summed E-state index contributed by atoms with van der Waals surface area (Å²) in [5, 5.41) is 6.90. The molecule has 5 heteroatoms. The van der Waals surface area contributed by atoms with Gasteiger partial charge in [-0.15, -0.1) is 0 Å². The first-order valence-electron chi connectivity index (χ1n) is 4.47. The standard InChI is InChI=1S/C9H12N4S/c14-9-11-6-13(7-12-9)5-8-1-3-10-4-2-8/h1-4H,5-7H2,(H2,11,12,14).